The first-order valence-electron chi connectivity index (χ1n) is 7.67. The Morgan fingerprint density at radius 2 is 1.73 bits per heavy atom. The van der Waals surface area contributed by atoms with E-state index in [1.807, 2.05) is 37.4 Å². The third-order valence-corrected chi connectivity index (χ3v) is 3.59. The van der Waals surface area contributed by atoms with Gasteiger partial charge in [-0.2, -0.15) is 0 Å². The van der Waals surface area contributed by atoms with Gasteiger partial charge >= 0.3 is 6.03 Å². The predicted molar refractivity (Wildman–Crippen MR) is 88.7 cm³/mol. The second kappa shape index (κ2) is 8.82. The van der Waals surface area contributed by atoms with Crippen LogP contribution in [0.25, 0.3) is 0 Å². The molecule has 0 aliphatic heterocycles. The smallest absolute Gasteiger partial charge is 0.317 e. The van der Waals surface area contributed by atoms with Crippen molar-refractivity contribution in [3.63, 3.8) is 0 Å². The van der Waals surface area contributed by atoms with Crippen molar-refractivity contribution in [2.24, 2.45) is 0 Å². The number of carbonyl (C=O) groups excluding carboxylic acids is 1. The van der Waals surface area contributed by atoms with Crippen molar-refractivity contribution in [2.45, 2.75) is 19.3 Å². The highest BCUT2D eigenvalue weighted by Gasteiger charge is 2.07. The lowest BCUT2D eigenvalue weighted by Crippen LogP contribution is -2.38. The van der Waals surface area contributed by atoms with E-state index in [2.05, 4.69) is 22.4 Å². The summed E-state index contributed by atoms with van der Waals surface area (Å²) in [5.74, 6) is 0. The number of nitrogens with zero attached hydrogens (tertiary/aromatic N) is 2. The molecule has 2 aromatic rings. The number of hydrogen-bond acceptors (Lipinski definition) is 2. The van der Waals surface area contributed by atoms with E-state index in [0.29, 0.717) is 13.1 Å². The van der Waals surface area contributed by atoms with Gasteiger partial charge in [0.25, 0.3) is 0 Å². The molecule has 4 nitrogen and oxygen atoms in total. The van der Waals surface area contributed by atoms with E-state index in [1.165, 1.54) is 11.1 Å². The van der Waals surface area contributed by atoms with Crippen molar-refractivity contribution in [3.05, 3.63) is 66.0 Å². The predicted octanol–water partition coefficient (Wildman–Crippen LogP) is 2.90. The van der Waals surface area contributed by atoms with Gasteiger partial charge in [-0.25, -0.2) is 4.79 Å². The summed E-state index contributed by atoms with van der Waals surface area (Å²) in [5, 5.41) is 2.96. The van der Waals surface area contributed by atoms with E-state index < -0.39 is 0 Å². The Kier molecular flexibility index (Phi) is 6.42. The molecule has 0 aliphatic carbocycles. The lowest BCUT2D eigenvalue weighted by molar-refractivity contribution is 0.209. The van der Waals surface area contributed by atoms with E-state index in [4.69, 9.17) is 0 Å². The van der Waals surface area contributed by atoms with Gasteiger partial charge in [-0.15, -0.1) is 0 Å². The second-order valence-corrected chi connectivity index (χ2v) is 5.35. The third-order valence-electron chi connectivity index (χ3n) is 3.59. The largest absolute Gasteiger partial charge is 0.338 e. The molecule has 0 atom stereocenters. The van der Waals surface area contributed by atoms with Crippen LogP contribution in [-0.4, -0.2) is 36.1 Å². The number of aromatic nitrogens is 1. The maximum absolute atomic E-state index is 12.0. The van der Waals surface area contributed by atoms with Crippen LogP contribution in [-0.2, 0) is 12.8 Å². The van der Waals surface area contributed by atoms with E-state index >= 15 is 0 Å². The summed E-state index contributed by atoms with van der Waals surface area (Å²) in [6.07, 6.45) is 6.34. The zero-order valence-electron chi connectivity index (χ0n) is 13.0. The molecule has 1 N–H and O–H groups in total. The summed E-state index contributed by atoms with van der Waals surface area (Å²) in [6.45, 7) is 1.40. The molecular weight excluding hydrogens is 274 g/mol. The Bertz CT molecular complexity index is 557. The summed E-state index contributed by atoms with van der Waals surface area (Å²) < 4.78 is 0. The molecule has 1 heterocycles. The minimum Gasteiger partial charge on any atom is -0.338 e. The van der Waals surface area contributed by atoms with Crippen LogP contribution in [0.4, 0.5) is 4.79 Å². The van der Waals surface area contributed by atoms with Crippen molar-refractivity contribution in [3.8, 4) is 0 Å². The summed E-state index contributed by atoms with van der Waals surface area (Å²) in [4.78, 5) is 17.7. The number of benzene rings is 1. The standard InChI is InChI=1S/C18H23N3O/c1-21(15-11-17-9-13-19-14-10-17)18(22)20-12-5-8-16-6-3-2-4-7-16/h2-4,6-7,9-10,13-14H,5,8,11-12,15H2,1H3,(H,20,22). The molecule has 4 heteroatoms. The zero-order chi connectivity index (χ0) is 15.6. The zero-order valence-corrected chi connectivity index (χ0v) is 13.0. The van der Waals surface area contributed by atoms with Crippen LogP contribution in [0.15, 0.2) is 54.9 Å². The van der Waals surface area contributed by atoms with Crippen LogP contribution < -0.4 is 5.32 Å². The highest BCUT2D eigenvalue weighted by atomic mass is 16.2. The average Bonchev–Trinajstić information content (AvgIpc) is 2.58. The van der Waals surface area contributed by atoms with E-state index in [-0.39, 0.29) is 6.03 Å². The number of amides is 2. The van der Waals surface area contributed by atoms with Gasteiger partial charge in [0.1, 0.15) is 0 Å². The van der Waals surface area contributed by atoms with Crippen molar-refractivity contribution >= 4 is 6.03 Å². The van der Waals surface area contributed by atoms with Crippen molar-refractivity contribution in [2.75, 3.05) is 20.1 Å². The summed E-state index contributed by atoms with van der Waals surface area (Å²) in [6, 6.07) is 14.3. The molecule has 0 saturated heterocycles. The van der Waals surface area contributed by atoms with Gasteiger partial charge in [-0.05, 0) is 42.5 Å². The van der Waals surface area contributed by atoms with Gasteiger partial charge in [-0.1, -0.05) is 30.3 Å². The third kappa shape index (κ3) is 5.56. The van der Waals surface area contributed by atoms with E-state index in [1.54, 1.807) is 17.3 Å². The van der Waals surface area contributed by atoms with Crippen LogP contribution in [0.2, 0.25) is 0 Å². The molecule has 2 rings (SSSR count). The van der Waals surface area contributed by atoms with Crippen LogP contribution in [0.5, 0.6) is 0 Å². The van der Waals surface area contributed by atoms with E-state index in [9.17, 15) is 4.79 Å². The van der Waals surface area contributed by atoms with Crippen molar-refractivity contribution in [1.29, 1.82) is 0 Å². The van der Waals surface area contributed by atoms with Gasteiger partial charge in [-0.3, -0.25) is 4.98 Å². The molecule has 0 bridgehead atoms. The Morgan fingerprint density at radius 1 is 1.05 bits per heavy atom. The second-order valence-electron chi connectivity index (χ2n) is 5.35. The number of carbonyl (C=O) groups is 1. The minimum absolute atomic E-state index is 0.0119. The van der Waals surface area contributed by atoms with Gasteiger partial charge in [0.05, 0.1) is 0 Å². The fourth-order valence-corrected chi connectivity index (χ4v) is 2.22. The fraction of sp³-hybridized carbons (Fsp3) is 0.333. The summed E-state index contributed by atoms with van der Waals surface area (Å²) in [5.41, 5.74) is 2.50. The SMILES string of the molecule is CN(CCc1ccncc1)C(=O)NCCCc1ccccc1. The highest BCUT2D eigenvalue weighted by molar-refractivity contribution is 5.73. The van der Waals surface area contributed by atoms with Crippen molar-refractivity contribution in [1.82, 2.24) is 15.2 Å². The van der Waals surface area contributed by atoms with Crippen LogP contribution >= 0.6 is 0 Å². The van der Waals surface area contributed by atoms with Crippen LogP contribution in [0.1, 0.15) is 17.5 Å². The maximum Gasteiger partial charge on any atom is 0.317 e. The van der Waals surface area contributed by atoms with Gasteiger partial charge < -0.3 is 10.2 Å². The Labute approximate surface area is 132 Å². The van der Waals surface area contributed by atoms with Crippen molar-refractivity contribution < 1.29 is 4.79 Å². The first kappa shape index (κ1) is 16.0. The highest BCUT2D eigenvalue weighted by Crippen LogP contribution is 2.02. The average molecular weight is 297 g/mol. The topological polar surface area (TPSA) is 45.2 Å². The first-order valence-corrected chi connectivity index (χ1v) is 7.67. The summed E-state index contributed by atoms with van der Waals surface area (Å²) >= 11 is 0. The number of pyridine rings is 1. The Hall–Kier alpha value is -2.36. The number of likely N-dealkylation sites (N-methyl/N-ethyl adjacent to an activating group) is 1. The Balaban J connectivity index is 1.62. The summed E-state index contributed by atoms with van der Waals surface area (Å²) in [7, 11) is 1.83. The quantitative estimate of drug-likeness (QED) is 0.799. The van der Waals surface area contributed by atoms with Crippen LogP contribution in [0, 0.1) is 0 Å². The monoisotopic (exact) mass is 297 g/mol. The molecule has 0 radical (unpaired) electrons. The molecule has 1 aromatic heterocycles. The number of hydrogen-bond donors (Lipinski definition) is 1. The molecule has 116 valence electrons. The molecule has 22 heavy (non-hydrogen) atoms. The number of urea groups is 1. The molecule has 0 fully saturated rings. The molecule has 0 saturated carbocycles. The lowest BCUT2D eigenvalue weighted by Gasteiger charge is -2.18. The maximum atomic E-state index is 12.0. The fourth-order valence-electron chi connectivity index (χ4n) is 2.22. The number of rotatable bonds is 7. The molecular formula is C18H23N3O. The van der Waals surface area contributed by atoms with E-state index in [0.717, 1.165) is 19.3 Å². The minimum atomic E-state index is -0.0119. The number of aryl methyl sites for hydroxylation is 1. The molecule has 2 amide bonds. The van der Waals surface area contributed by atoms with Gasteiger partial charge in [0, 0.05) is 32.5 Å². The van der Waals surface area contributed by atoms with Crippen LogP contribution in [0.3, 0.4) is 0 Å². The first-order chi connectivity index (χ1) is 10.8. The molecule has 0 spiro atoms. The lowest BCUT2D eigenvalue weighted by atomic mass is 10.1. The molecule has 1 aromatic carbocycles. The molecule has 0 aliphatic rings. The van der Waals surface area contributed by atoms with Gasteiger partial charge in [0.15, 0.2) is 0 Å². The Morgan fingerprint density at radius 3 is 2.45 bits per heavy atom. The van der Waals surface area contributed by atoms with Gasteiger partial charge in [0.2, 0.25) is 0 Å². The molecule has 0 unspecified atom stereocenters. The normalized spacial score (nSPS) is 10.2. The number of nitrogens with one attached hydrogen (secondary N) is 1.